The summed E-state index contributed by atoms with van der Waals surface area (Å²) in [6.45, 7) is 4.23. The molecule has 2 rings (SSSR count). The smallest absolute Gasteiger partial charge is 0.240 e. The van der Waals surface area contributed by atoms with Crippen LogP contribution < -0.4 is 5.32 Å². The lowest BCUT2D eigenvalue weighted by Gasteiger charge is -2.30. The standard InChI is InChI=1S/C14H17N3O4S2/c1-10(18)15-13-16-17(11(2)19)14(3,22-13)9-23(20,21)12-7-5-4-6-8-12/h4-8H,9H2,1-3H3,(H,15,16,18)/t14-/m1/s1. The normalized spacial score (nSPS) is 21.0. The summed E-state index contributed by atoms with van der Waals surface area (Å²) in [5.74, 6) is -1.06. The SMILES string of the molecule is CC(=O)NC1=NN(C(C)=O)[C@@](C)(CS(=O)(=O)c2ccccc2)S1. The summed E-state index contributed by atoms with van der Waals surface area (Å²) < 4.78 is 25.2. The highest BCUT2D eigenvalue weighted by Crippen LogP contribution is 2.38. The zero-order valence-corrected chi connectivity index (χ0v) is 14.6. The Labute approximate surface area is 139 Å². The molecule has 1 atom stereocenters. The Morgan fingerprint density at radius 2 is 1.87 bits per heavy atom. The van der Waals surface area contributed by atoms with E-state index in [4.69, 9.17) is 0 Å². The highest BCUT2D eigenvalue weighted by molar-refractivity contribution is 8.15. The Kier molecular flexibility index (Phi) is 4.81. The molecular weight excluding hydrogens is 338 g/mol. The lowest BCUT2D eigenvalue weighted by molar-refractivity contribution is -0.131. The van der Waals surface area contributed by atoms with E-state index in [0.29, 0.717) is 0 Å². The number of thioether (sulfide) groups is 1. The third kappa shape index (κ3) is 3.91. The summed E-state index contributed by atoms with van der Waals surface area (Å²) in [5, 5.41) is 7.83. The van der Waals surface area contributed by atoms with Crippen molar-refractivity contribution >= 4 is 38.6 Å². The van der Waals surface area contributed by atoms with Crippen LogP contribution in [0.2, 0.25) is 0 Å². The maximum Gasteiger partial charge on any atom is 0.240 e. The first-order chi connectivity index (χ1) is 10.6. The number of benzene rings is 1. The predicted octanol–water partition coefficient (Wildman–Crippen LogP) is 1.18. The number of carbonyl (C=O) groups excluding carboxylic acids is 2. The second kappa shape index (κ2) is 6.32. The van der Waals surface area contributed by atoms with E-state index in [0.717, 1.165) is 16.8 Å². The fourth-order valence-corrected chi connectivity index (χ4v) is 5.48. The van der Waals surface area contributed by atoms with Gasteiger partial charge in [-0.05, 0) is 19.1 Å². The summed E-state index contributed by atoms with van der Waals surface area (Å²) in [5.41, 5.74) is 0. The van der Waals surface area contributed by atoms with Crippen LogP contribution in [-0.2, 0) is 19.4 Å². The quantitative estimate of drug-likeness (QED) is 0.878. The number of hydrogen-bond donors (Lipinski definition) is 1. The van der Waals surface area contributed by atoms with E-state index < -0.39 is 20.6 Å². The summed E-state index contributed by atoms with van der Waals surface area (Å²) in [6.07, 6.45) is 0. The molecule has 0 fully saturated rings. The Bertz CT molecular complexity index is 761. The molecule has 0 saturated carbocycles. The van der Waals surface area contributed by atoms with Gasteiger partial charge >= 0.3 is 0 Å². The number of sulfone groups is 1. The first kappa shape index (κ1) is 17.5. The highest BCUT2D eigenvalue weighted by Gasteiger charge is 2.45. The van der Waals surface area contributed by atoms with Crippen LogP contribution in [0.25, 0.3) is 0 Å². The monoisotopic (exact) mass is 355 g/mol. The fraction of sp³-hybridized carbons (Fsp3) is 0.357. The molecule has 124 valence electrons. The zero-order chi connectivity index (χ0) is 17.3. The summed E-state index contributed by atoms with van der Waals surface area (Å²) in [6, 6.07) is 8.01. The molecule has 1 aromatic carbocycles. The van der Waals surface area contributed by atoms with Crippen molar-refractivity contribution in [3.05, 3.63) is 30.3 Å². The van der Waals surface area contributed by atoms with Gasteiger partial charge in [-0.25, -0.2) is 13.4 Å². The third-order valence-corrected chi connectivity index (χ3v) is 6.35. The average molecular weight is 355 g/mol. The van der Waals surface area contributed by atoms with Gasteiger partial charge in [0.1, 0.15) is 4.87 Å². The Morgan fingerprint density at radius 3 is 2.39 bits per heavy atom. The molecule has 1 aliphatic rings. The molecule has 0 bridgehead atoms. The molecule has 0 radical (unpaired) electrons. The summed E-state index contributed by atoms with van der Waals surface area (Å²) in [4.78, 5) is 22.0. The lowest BCUT2D eigenvalue weighted by atomic mass is 10.3. The molecule has 1 aromatic rings. The minimum Gasteiger partial charge on any atom is -0.304 e. The molecule has 0 saturated heterocycles. The van der Waals surface area contributed by atoms with E-state index in [9.17, 15) is 18.0 Å². The number of hydrazone groups is 1. The van der Waals surface area contributed by atoms with Gasteiger partial charge in [-0.15, -0.1) is 5.10 Å². The molecule has 0 aliphatic carbocycles. The van der Waals surface area contributed by atoms with Crippen molar-refractivity contribution in [3.8, 4) is 0 Å². The molecule has 1 heterocycles. The van der Waals surface area contributed by atoms with Crippen LogP contribution in [0.1, 0.15) is 20.8 Å². The predicted molar refractivity (Wildman–Crippen MR) is 88.3 cm³/mol. The van der Waals surface area contributed by atoms with Crippen LogP contribution in [0.3, 0.4) is 0 Å². The van der Waals surface area contributed by atoms with Crippen LogP contribution in [-0.4, -0.2) is 41.0 Å². The van der Waals surface area contributed by atoms with Crippen molar-refractivity contribution in [3.63, 3.8) is 0 Å². The summed E-state index contributed by atoms with van der Waals surface area (Å²) in [7, 11) is -3.62. The molecular formula is C14H17N3O4S2. The summed E-state index contributed by atoms with van der Waals surface area (Å²) >= 11 is 1.04. The maximum absolute atomic E-state index is 12.6. The first-order valence-corrected chi connectivity index (χ1v) is 9.25. The molecule has 23 heavy (non-hydrogen) atoms. The van der Waals surface area contributed by atoms with Crippen molar-refractivity contribution in [2.75, 3.05) is 5.75 Å². The molecule has 0 unspecified atom stereocenters. The van der Waals surface area contributed by atoms with Gasteiger partial charge < -0.3 is 5.32 Å². The fourth-order valence-electron chi connectivity index (χ4n) is 2.23. The molecule has 7 nitrogen and oxygen atoms in total. The van der Waals surface area contributed by atoms with Gasteiger partial charge in [0.15, 0.2) is 15.0 Å². The highest BCUT2D eigenvalue weighted by atomic mass is 32.2. The van der Waals surface area contributed by atoms with Crippen molar-refractivity contribution in [2.45, 2.75) is 30.5 Å². The van der Waals surface area contributed by atoms with Crippen molar-refractivity contribution in [1.82, 2.24) is 10.3 Å². The molecule has 2 amide bonds. The first-order valence-electron chi connectivity index (χ1n) is 6.78. The number of rotatable bonds is 3. The Hall–Kier alpha value is -1.87. The van der Waals surface area contributed by atoms with E-state index in [1.54, 1.807) is 25.1 Å². The van der Waals surface area contributed by atoms with Gasteiger partial charge in [-0.3, -0.25) is 9.59 Å². The largest absolute Gasteiger partial charge is 0.304 e. The molecule has 1 aliphatic heterocycles. The van der Waals surface area contributed by atoms with Crippen LogP contribution in [0.4, 0.5) is 0 Å². The van der Waals surface area contributed by atoms with E-state index in [2.05, 4.69) is 10.4 Å². The van der Waals surface area contributed by atoms with Gasteiger partial charge in [0, 0.05) is 13.8 Å². The Balaban J connectivity index is 2.30. The number of nitrogens with zero attached hydrogens (tertiary/aromatic N) is 2. The molecule has 0 aromatic heterocycles. The zero-order valence-electron chi connectivity index (χ0n) is 12.9. The number of nitrogens with one attached hydrogen (secondary N) is 1. The number of hydrogen-bond acceptors (Lipinski definition) is 6. The Morgan fingerprint density at radius 1 is 1.26 bits per heavy atom. The van der Waals surface area contributed by atoms with E-state index >= 15 is 0 Å². The number of amidine groups is 1. The van der Waals surface area contributed by atoms with Gasteiger partial charge in [-0.1, -0.05) is 30.0 Å². The number of amides is 2. The van der Waals surface area contributed by atoms with Gasteiger partial charge in [0.25, 0.3) is 0 Å². The van der Waals surface area contributed by atoms with Gasteiger partial charge in [0.2, 0.25) is 11.8 Å². The van der Waals surface area contributed by atoms with Crippen molar-refractivity contribution < 1.29 is 18.0 Å². The van der Waals surface area contributed by atoms with Crippen LogP contribution in [0, 0.1) is 0 Å². The second-order valence-corrected chi connectivity index (χ2v) is 8.73. The molecule has 0 spiro atoms. The number of carbonyl (C=O) groups is 2. The second-order valence-electron chi connectivity index (χ2n) is 5.27. The maximum atomic E-state index is 12.6. The lowest BCUT2D eigenvalue weighted by Crippen LogP contribution is -2.45. The average Bonchev–Trinajstić information content (AvgIpc) is 2.74. The molecule has 9 heteroatoms. The van der Waals surface area contributed by atoms with Gasteiger partial charge in [0.05, 0.1) is 10.6 Å². The van der Waals surface area contributed by atoms with Crippen molar-refractivity contribution in [2.24, 2.45) is 5.10 Å². The minimum atomic E-state index is -3.62. The van der Waals surface area contributed by atoms with Crippen molar-refractivity contribution in [1.29, 1.82) is 0 Å². The van der Waals surface area contributed by atoms with Crippen LogP contribution in [0.15, 0.2) is 40.3 Å². The minimum absolute atomic E-state index is 0.179. The van der Waals surface area contributed by atoms with E-state index in [-0.39, 0.29) is 21.7 Å². The van der Waals surface area contributed by atoms with Gasteiger partial charge in [-0.2, -0.15) is 0 Å². The topological polar surface area (TPSA) is 95.9 Å². The van der Waals surface area contributed by atoms with Crippen LogP contribution in [0.5, 0.6) is 0 Å². The van der Waals surface area contributed by atoms with Crippen LogP contribution >= 0.6 is 11.8 Å². The molecule has 1 N–H and O–H groups in total. The van der Waals surface area contributed by atoms with E-state index in [1.807, 2.05) is 0 Å². The third-order valence-electron chi connectivity index (χ3n) is 3.10. The van der Waals surface area contributed by atoms with E-state index in [1.165, 1.54) is 26.0 Å².